The van der Waals surface area contributed by atoms with E-state index >= 15 is 0 Å². The Morgan fingerprint density at radius 3 is 2.24 bits per heavy atom. The number of carbonyl (C=O) groups excluding carboxylic acids is 4. The molecule has 12 nitrogen and oxygen atoms in total. The molecule has 0 saturated carbocycles. The summed E-state index contributed by atoms with van der Waals surface area (Å²) in [5.41, 5.74) is 16.6. The van der Waals surface area contributed by atoms with E-state index < -0.39 is 53.8 Å². The highest BCUT2D eigenvalue weighted by Crippen LogP contribution is 2.20. The van der Waals surface area contributed by atoms with Gasteiger partial charge in [0.2, 0.25) is 23.6 Å². The van der Waals surface area contributed by atoms with Gasteiger partial charge in [-0.3, -0.25) is 19.2 Å². The van der Waals surface area contributed by atoms with Crippen LogP contribution in [0.3, 0.4) is 0 Å². The number of carboxylic acids is 1. The average Bonchev–Trinajstić information content (AvgIpc) is 3.25. The molecule has 9 N–H and O–H groups in total. The minimum Gasteiger partial charge on any atom is -0.480 e. The number of hydrogen-bond donors (Lipinski definition) is 6. The van der Waals surface area contributed by atoms with Gasteiger partial charge in [0.15, 0.2) is 0 Å². The van der Waals surface area contributed by atoms with Crippen molar-refractivity contribution in [1.29, 1.82) is 0 Å². The molecular formula is C22H40N6O6. The van der Waals surface area contributed by atoms with Crippen molar-refractivity contribution in [3.8, 4) is 0 Å². The lowest BCUT2D eigenvalue weighted by Crippen LogP contribution is -2.57. The number of nitrogens with zero attached hydrogens (tertiary/aromatic N) is 1. The quantitative estimate of drug-likeness (QED) is 0.155. The van der Waals surface area contributed by atoms with Gasteiger partial charge in [0.05, 0.1) is 6.04 Å². The van der Waals surface area contributed by atoms with Gasteiger partial charge in [-0.25, -0.2) is 4.79 Å². The number of hydrogen-bond acceptors (Lipinski definition) is 7. The van der Waals surface area contributed by atoms with E-state index in [-0.39, 0.29) is 25.2 Å². The van der Waals surface area contributed by atoms with Crippen LogP contribution in [0.1, 0.15) is 65.2 Å². The van der Waals surface area contributed by atoms with E-state index in [0.717, 1.165) is 0 Å². The topological polar surface area (TPSA) is 211 Å². The molecule has 0 aliphatic carbocycles. The number of carbonyl (C=O) groups is 5. The number of amides is 4. The van der Waals surface area contributed by atoms with E-state index in [0.29, 0.717) is 45.2 Å². The van der Waals surface area contributed by atoms with E-state index in [2.05, 4.69) is 10.6 Å². The summed E-state index contributed by atoms with van der Waals surface area (Å²) in [6.45, 7) is 4.51. The molecule has 0 radical (unpaired) electrons. The normalized spacial score (nSPS) is 18.3. The molecule has 0 spiro atoms. The zero-order chi connectivity index (χ0) is 25.8. The average molecular weight is 485 g/mol. The van der Waals surface area contributed by atoms with Crippen LogP contribution in [0.15, 0.2) is 0 Å². The standard InChI is InChI=1S/C22H40N6O6/c1-13(2)12-16(21(32)28-11-5-7-17(28)22(33)34)27-20(31)15(8-9-18(25)29)26-19(30)14(24)6-3-4-10-23/h13-17H,3-12,23-24H2,1-2H3,(H2,25,29)(H,26,30)(H,27,31)(H,33,34). The van der Waals surface area contributed by atoms with E-state index in [1.54, 1.807) is 0 Å². The summed E-state index contributed by atoms with van der Waals surface area (Å²) in [7, 11) is 0. The Kier molecular flexibility index (Phi) is 12.5. The van der Waals surface area contributed by atoms with Crippen molar-refractivity contribution in [3.63, 3.8) is 0 Å². The van der Waals surface area contributed by atoms with E-state index in [9.17, 15) is 29.1 Å². The van der Waals surface area contributed by atoms with Gasteiger partial charge in [0.25, 0.3) is 0 Å². The van der Waals surface area contributed by atoms with Crippen LogP contribution in [-0.4, -0.2) is 76.9 Å². The second-order valence-corrected chi connectivity index (χ2v) is 9.18. The molecule has 194 valence electrons. The Hall–Kier alpha value is -2.73. The van der Waals surface area contributed by atoms with Gasteiger partial charge in [-0.2, -0.15) is 0 Å². The molecule has 34 heavy (non-hydrogen) atoms. The minimum absolute atomic E-state index is 0.0229. The van der Waals surface area contributed by atoms with Gasteiger partial charge in [-0.15, -0.1) is 0 Å². The van der Waals surface area contributed by atoms with Crippen molar-refractivity contribution >= 4 is 29.6 Å². The Labute approximate surface area is 200 Å². The first-order valence-corrected chi connectivity index (χ1v) is 11.9. The SMILES string of the molecule is CC(C)CC(NC(=O)C(CCC(N)=O)NC(=O)C(N)CCCCN)C(=O)N1CCCC1C(=O)O. The van der Waals surface area contributed by atoms with Crippen molar-refractivity contribution in [2.45, 2.75) is 89.4 Å². The Balaban J connectivity index is 2.96. The highest BCUT2D eigenvalue weighted by molar-refractivity contribution is 5.94. The molecule has 0 aromatic rings. The number of rotatable bonds is 15. The number of aliphatic carboxylic acids is 1. The molecule has 1 fully saturated rings. The molecule has 0 aromatic carbocycles. The van der Waals surface area contributed by atoms with Crippen LogP contribution in [0.4, 0.5) is 0 Å². The first-order chi connectivity index (χ1) is 16.0. The smallest absolute Gasteiger partial charge is 0.326 e. The predicted molar refractivity (Wildman–Crippen MR) is 125 cm³/mol. The Morgan fingerprint density at radius 1 is 1.03 bits per heavy atom. The first-order valence-electron chi connectivity index (χ1n) is 11.9. The molecule has 0 bridgehead atoms. The number of unbranched alkanes of at least 4 members (excludes halogenated alkanes) is 1. The monoisotopic (exact) mass is 484 g/mol. The summed E-state index contributed by atoms with van der Waals surface area (Å²) in [6, 6.07) is -3.89. The largest absolute Gasteiger partial charge is 0.480 e. The van der Waals surface area contributed by atoms with Crippen LogP contribution in [0.5, 0.6) is 0 Å². The van der Waals surface area contributed by atoms with Crippen molar-refractivity contribution in [3.05, 3.63) is 0 Å². The summed E-state index contributed by atoms with van der Waals surface area (Å²) in [6.07, 6.45) is 2.71. The highest BCUT2D eigenvalue weighted by atomic mass is 16.4. The maximum Gasteiger partial charge on any atom is 0.326 e. The van der Waals surface area contributed by atoms with Crippen molar-refractivity contribution < 1.29 is 29.1 Å². The van der Waals surface area contributed by atoms with Crippen LogP contribution in [0.2, 0.25) is 0 Å². The number of primary amides is 1. The van der Waals surface area contributed by atoms with Crippen molar-refractivity contribution in [1.82, 2.24) is 15.5 Å². The molecule has 0 aromatic heterocycles. The molecule has 4 atom stereocenters. The van der Waals surface area contributed by atoms with Gasteiger partial charge in [-0.05, 0) is 51.0 Å². The third-order valence-electron chi connectivity index (χ3n) is 5.76. The predicted octanol–water partition coefficient (Wildman–Crippen LogP) is -1.20. The van der Waals surface area contributed by atoms with Crippen molar-refractivity contribution in [2.24, 2.45) is 23.1 Å². The molecule has 1 rings (SSSR count). The lowest BCUT2D eigenvalue weighted by Gasteiger charge is -2.29. The highest BCUT2D eigenvalue weighted by Gasteiger charge is 2.38. The fourth-order valence-corrected chi connectivity index (χ4v) is 3.93. The lowest BCUT2D eigenvalue weighted by molar-refractivity contribution is -0.149. The summed E-state index contributed by atoms with van der Waals surface area (Å²) < 4.78 is 0. The first kappa shape index (κ1) is 29.3. The maximum absolute atomic E-state index is 13.2. The van der Waals surface area contributed by atoms with E-state index in [1.807, 2.05) is 13.8 Å². The maximum atomic E-state index is 13.2. The molecule has 1 aliphatic rings. The van der Waals surface area contributed by atoms with E-state index in [1.165, 1.54) is 4.90 Å². The molecule has 4 amide bonds. The van der Waals surface area contributed by atoms with Crippen LogP contribution in [0.25, 0.3) is 0 Å². The molecular weight excluding hydrogens is 444 g/mol. The lowest BCUT2D eigenvalue weighted by atomic mass is 10.0. The van der Waals surface area contributed by atoms with Crippen LogP contribution >= 0.6 is 0 Å². The fraction of sp³-hybridized carbons (Fsp3) is 0.773. The molecule has 1 saturated heterocycles. The molecule has 4 unspecified atom stereocenters. The summed E-state index contributed by atoms with van der Waals surface area (Å²) >= 11 is 0. The second-order valence-electron chi connectivity index (χ2n) is 9.18. The molecule has 12 heteroatoms. The summed E-state index contributed by atoms with van der Waals surface area (Å²) in [5.74, 6) is -3.40. The van der Waals surface area contributed by atoms with Crippen LogP contribution in [0, 0.1) is 5.92 Å². The van der Waals surface area contributed by atoms with Gasteiger partial charge in [0.1, 0.15) is 18.1 Å². The zero-order valence-corrected chi connectivity index (χ0v) is 20.1. The Morgan fingerprint density at radius 2 is 1.68 bits per heavy atom. The van der Waals surface area contributed by atoms with Gasteiger partial charge >= 0.3 is 5.97 Å². The number of likely N-dealkylation sites (tertiary alicyclic amines) is 1. The summed E-state index contributed by atoms with van der Waals surface area (Å²) in [5, 5.41) is 14.6. The van der Waals surface area contributed by atoms with Gasteiger partial charge in [0, 0.05) is 13.0 Å². The third kappa shape index (κ3) is 9.64. The minimum atomic E-state index is -1.13. The van der Waals surface area contributed by atoms with Crippen molar-refractivity contribution in [2.75, 3.05) is 13.1 Å². The summed E-state index contributed by atoms with van der Waals surface area (Å²) in [4.78, 5) is 62.9. The zero-order valence-electron chi connectivity index (χ0n) is 20.1. The fourth-order valence-electron chi connectivity index (χ4n) is 3.93. The van der Waals surface area contributed by atoms with Gasteiger partial charge < -0.3 is 37.8 Å². The molecule has 1 aliphatic heterocycles. The number of carboxylic acid groups (broad SMARTS) is 1. The Bertz CT molecular complexity index is 731. The van der Waals surface area contributed by atoms with Crippen LogP contribution < -0.4 is 27.8 Å². The second kappa shape index (κ2) is 14.5. The number of nitrogens with two attached hydrogens (primary N) is 3. The van der Waals surface area contributed by atoms with Gasteiger partial charge in [-0.1, -0.05) is 20.3 Å². The third-order valence-corrected chi connectivity index (χ3v) is 5.76. The van der Waals surface area contributed by atoms with Crippen LogP contribution in [-0.2, 0) is 24.0 Å². The molecule has 1 heterocycles. The number of nitrogens with one attached hydrogen (secondary N) is 2. The van der Waals surface area contributed by atoms with E-state index in [4.69, 9.17) is 17.2 Å².